The molecule has 2 aliphatic rings. The molecule has 2 aliphatic heterocycles. The van der Waals surface area contributed by atoms with Crippen LogP contribution in [0.1, 0.15) is 24.8 Å². The second-order valence-corrected chi connectivity index (χ2v) is 7.57. The van der Waals surface area contributed by atoms with Gasteiger partial charge in [-0.15, -0.1) is 0 Å². The molecule has 1 saturated heterocycles. The topological polar surface area (TPSA) is 50.5 Å². The lowest BCUT2D eigenvalue weighted by molar-refractivity contribution is -0.0369. The van der Waals surface area contributed by atoms with Crippen LogP contribution in [-0.4, -0.2) is 51.4 Å². The number of aliphatic hydroxyl groups is 1. The van der Waals surface area contributed by atoms with Gasteiger partial charge in [0, 0.05) is 32.0 Å². The summed E-state index contributed by atoms with van der Waals surface area (Å²) < 4.78 is 7.87. The number of fused-ring (bicyclic) bond motifs is 1. The van der Waals surface area contributed by atoms with E-state index < -0.39 is 5.60 Å². The van der Waals surface area contributed by atoms with Gasteiger partial charge in [-0.05, 0) is 43.2 Å². The van der Waals surface area contributed by atoms with Crippen molar-refractivity contribution in [3.05, 3.63) is 48.5 Å². The standard InChI is InChI=1S/C20H27N3O2/c24-20(15-23-11-8-21-16-23)6-9-22(10-7-20)14-17-5-12-25-19-4-2-1-3-18(19)13-17/h1-4,8,11,16-17,24H,5-7,9-10,12-15H2. The first-order valence-electron chi connectivity index (χ1n) is 9.31. The first-order chi connectivity index (χ1) is 12.2. The lowest BCUT2D eigenvalue weighted by Gasteiger charge is -2.39. The zero-order valence-electron chi connectivity index (χ0n) is 14.7. The van der Waals surface area contributed by atoms with Crippen LogP contribution >= 0.6 is 0 Å². The first-order valence-corrected chi connectivity index (χ1v) is 9.31. The predicted octanol–water partition coefficient (Wildman–Crippen LogP) is 2.35. The van der Waals surface area contributed by atoms with Crippen molar-refractivity contribution in [1.29, 1.82) is 0 Å². The van der Waals surface area contributed by atoms with Crippen molar-refractivity contribution in [2.75, 3.05) is 26.2 Å². The van der Waals surface area contributed by atoms with Crippen molar-refractivity contribution >= 4 is 0 Å². The minimum Gasteiger partial charge on any atom is -0.493 e. The molecular weight excluding hydrogens is 314 g/mol. The van der Waals surface area contributed by atoms with Crippen LogP contribution in [0, 0.1) is 5.92 Å². The van der Waals surface area contributed by atoms with E-state index in [2.05, 4.69) is 28.1 Å². The van der Waals surface area contributed by atoms with Crippen molar-refractivity contribution < 1.29 is 9.84 Å². The van der Waals surface area contributed by atoms with Gasteiger partial charge in [0.2, 0.25) is 0 Å². The van der Waals surface area contributed by atoms with Gasteiger partial charge in [-0.3, -0.25) is 0 Å². The molecule has 1 aromatic heterocycles. The number of nitrogens with zero attached hydrogens (tertiary/aromatic N) is 3. The molecular formula is C20H27N3O2. The van der Waals surface area contributed by atoms with Crippen molar-refractivity contribution in [1.82, 2.24) is 14.5 Å². The smallest absolute Gasteiger partial charge is 0.122 e. The van der Waals surface area contributed by atoms with E-state index >= 15 is 0 Å². The molecule has 1 N–H and O–H groups in total. The van der Waals surface area contributed by atoms with E-state index in [0.717, 1.165) is 57.7 Å². The Morgan fingerprint density at radius 1 is 1.24 bits per heavy atom. The molecule has 1 fully saturated rings. The molecule has 3 heterocycles. The normalized spacial score (nSPS) is 23.5. The molecule has 25 heavy (non-hydrogen) atoms. The first kappa shape index (κ1) is 16.6. The van der Waals surface area contributed by atoms with Gasteiger partial charge in [-0.2, -0.15) is 0 Å². The molecule has 0 aliphatic carbocycles. The van der Waals surface area contributed by atoms with Gasteiger partial charge in [0.1, 0.15) is 5.75 Å². The zero-order chi connectivity index (χ0) is 17.1. The quantitative estimate of drug-likeness (QED) is 0.927. The molecule has 1 aromatic carbocycles. The third kappa shape index (κ3) is 4.05. The van der Waals surface area contributed by atoms with Crippen molar-refractivity contribution in [3.8, 4) is 5.75 Å². The van der Waals surface area contributed by atoms with E-state index in [9.17, 15) is 5.11 Å². The third-order valence-electron chi connectivity index (χ3n) is 5.60. The molecule has 0 bridgehead atoms. The maximum Gasteiger partial charge on any atom is 0.122 e. The summed E-state index contributed by atoms with van der Waals surface area (Å²) in [6.07, 6.45) is 9.32. The van der Waals surface area contributed by atoms with Crippen LogP contribution in [0.5, 0.6) is 5.75 Å². The molecule has 0 amide bonds. The SMILES string of the molecule is OC1(Cn2ccnc2)CCN(CC2CCOc3ccccc3C2)CC1. The van der Waals surface area contributed by atoms with Gasteiger partial charge in [-0.25, -0.2) is 4.98 Å². The Kier molecular flexibility index (Phi) is 4.77. The highest BCUT2D eigenvalue weighted by molar-refractivity contribution is 5.34. The Hall–Kier alpha value is -1.85. The average Bonchev–Trinajstić information content (AvgIpc) is 3.02. The Balaban J connectivity index is 1.31. The number of piperidine rings is 1. The van der Waals surface area contributed by atoms with Gasteiger partial charge in [0.15, 0.2) is 0 Å². The van der Waals surface area contributed by atoms with Crippen LogP contribution in [0.15, 0.2) is 43.0 Å². The highest BCUT2D eigenvalue weighted by Crippen LogP contribution is 2.29. The number of benzene rings is 1. The van der Waals surface area contributed by atoms with Crippen molar-refractivity contribution in [2.24, 2.45) is 5.92 Å². The van der Waals surface area contributed by atoms with Crippen LogP contribution < -0.4 is 4.74 Å². The second-order valence-electron chi connectivity index (χ2n) is 7.57. The lowest BCUT2D eigenvalue weighted by Crippen LogP contribution is -2.48. The number of hydrogen-bond acceptors (Lipinski definition) is 4. The highest BCUT2D eigenvalue weighted by Gasteiger charge is 2.33. The van der Waals surface area contributed by atoms with E-state index in [-0.39, 0.29) is 0 Å². The van der Waals surface area contributed by atoms with E-state index in [1.165, 1.54) is 5.56 Å². The summed E-state index contributed by atoms with van der Waals surface area (Å²) in [6, 6.07) is 8.41. The number of likely N-dealkylation sites (tertiary alicyclic amines) is 1. The number of ether oxygens (including phenoxy) is 1. The number of imidazole rings is 1. The van der Waals surface area contributed by atoms with Crippen LogP contribution in [0.4, 0.5) is 0 Å². The summed E-state index contributed by atoms with van der Waals surface area (Å²) >= 11 is 0. The van der Waals surface area contributed by atoms with Crippen molar-refractivity contribution in [2.45, 2.75) is 37.8 Å². The fraction of sp³-hybridized carbons (Fsp3) is 0.550. The Labute approximate surface area is 149 Å². The summed E-state index contributed by atoms with van der Waals surface area (Å²) in [5.41, 5.74) is 0.731. The van der Waals surface area contributed by atoms with E-state index in [0.29, 0.717) is 12.5 Å². The molecule has 0 spiro atoms. The summed E-state index contributed by atoms with van der Waals surface area (Å²) in [7, 11) is 0. The zero-order valence-corrected chi connectivity index (χ0v) is 14.7. The maximum absolute atomic E-state index is 10.8. The monoisotopic (exact) mass is 341 g/mol. The third-order valence-corrected chi connectivity index (χ3v) is 5.60. The summed E-state index contributed by atoms with van der Waals surface area (Å²) in [5.74, 6) is 1.68. The maximum atomic E-state index is 10.8. The molecule has 2 aromatic rings. The van der Waals surface area contributed by atoms with Gasteiger partial charge in [0.05, 0.1) is 25.1 Å². The van der Waals surface area contributed by atoms with Gasteiger partial charge in [-0.1, -0.05) is 18.2 Å². The largest absolute Gasteiger partial charge is 0.493 e. The fourth-order valence-corrected chi connectivity index (χ4v) is 4.11. The highest BCUT2D eigenvalue weighted by atomic mass is 16.5. The van der Waals surface area contributed by atoms with Gasteiger partial charge >= 0.3 is 0 Å². The summed E-state index contributed by atoms with van der Waals surface area (Å²) in [6.45, 7) is 4.47. The Bertz CT molecular complexity index is 678. The Morgan fingerprint density at radius 2 is 2.08 bits per heavy atom. The minimum atomic E-state index is -0.601. The Morgan fingerprint density at radius 3 is 2.88 bits per heavy atom. The van der Waals surface area contributed by atoms with Crippen LogP contribution in [0.3, 0.4) is 0 Å². The second kappa shape index (κ2) is 7.18. The fourth-order valence-electron chi connectivity index (χ4n) is 4.11. The van der Waals surface area contributed by atoms with Gasteiger partial charge < -0.3 is 19.3 Å². The molecule has 5 nitrogen and oxygen atoms in total. The lowest BCUT2D eigenvalue weighted by atomic mass is 9.89. The molecule has 0 saturated carbocycles. The number of hydrogen-bond donors (Lipinski definition) is 1. The van der Waals surface area contributed by atoms with Crippen LogP contribution in [-0.2, 0) is 13.0 Å². The van der Waals surface area contributed by atoms with E-state index in [1.54, 1.807) is 12.5 Å². The average molecular weight is 341 g/mol. The molecule has 4 rings (SSSR count). The van der Waals surface area contributed by atoms with Gasteiger partial charge in [0.25, 0.3) is 0 Å². The molecule has 5 heteroatoms. The van der Waals surface area contributed by atoms with Crippen LogP contribution in [0.2, 0.25) is 0 Å². The summed E-state index contributed by atoms with van der Waals surface area (Å²) in [5, 5.41) is 10.8. The van der Waals surface area contributed by atoms with E-state index in [1.807, 2.05) is 16.8 Å². The number of aromatic nitrogens is 2. The molecule has 134 valence electrons. The van der Waals surface area contributed by atoms with Crippen LogP contribution in [0.25, 0.3) is 0 Å². The number of rotatable bonds is 4. The minimum absolute atomic E-state index is 0.601. The molecule has 1 unspecified atom stereocenters. The van der Waals surface area contributed by atoms with E-state index in [4.69, 9.17) is 4.74 Å². The number of para-hydroxylation sites is 1. The summed E-state index contributed by atoms with van der Waals surface area (Å²) in [4.78, 5) is 6.58. The molecule has 0 radical (unpaired) electrons. The van der Waals surface area contributed by atoms with Crippen molar-refractivity contribution in [3.63, 3.8) is 0 Å². The molecule has 1 atom stereocenters. The predicted molar refractivity (Wildman–Crippen MR) is 96.6 cm³/mol.